The van der Waals surface area contributed by atoms with E-state index in [1.54, 1.807) is 0 Å². The van der Waals surface area contributed by atoms with Crippen LogP contribution in [0, 0.1) is 0 Å². The van der Waals surface area contributed by atoms with E-state index in [1.165, 1.54) is 11.5 Å². The molecule has 2 aromatic rings. The highest BCUT2D eigenvalue weighted by molar-refractivity contribution is 7.80. The molecule has 0 aliphatic rings. The first-order chi connectivity index (χ1) is 7.27. The van der Waals surface area contributed by atoms with Gasteiger partial charge in [0.25, 0.3) is 0 Å². The average molecular weight is 235 g/mol. The second kappa shape index (κ2) is 4.46. The van der Waals surface area contributed by atoms with E-state index in [0.717, 1.165) is 21.2 Å². The number of rotatable bonds is 3. The van der Waals surface area contributed by atoms with Crippen LogP contribution in [0.1, 0.15) is 12.6 Å². The zero-order valence-electron chi connectivity index (χ0n) is 8.10. The lowest BCUT2D eigenvalue weighted by atomic mass is 10.3. The van der Waals surface area contributed by atoms with Gasteiger partial charge in [-0.05, 0) is 19.1 Å². The van der Waals surface area contributed by atoms with Gasteiger partial charge in [0.05, 0.1) is 0 Å². The Labute approximate surface area is 97.3 Å². The van der Waals surface area contributed by atoms with E-state index in [0.29, 0.717) is 0 Å². The van der Waals surface area contributed by atoms with Gasteiger partial charge in [0.2, 0.25) is 0 Å². The second-order valence-electron chi connectivity index (χ2n) is 3.00. The van der Waals surface area contributed by atoms with Crippen LogP contribution in [0.4, 0.5) is 10.7 Å². The summed E-state index contributed by atoms with van der Waals surface area (Å²) >= 11 is 6.40. The number of para-hydroxylation sites is 1. The Bertz CT molecular complexity index is 465. The molecule has 1 heterocycles. The highest BCUT2D eigenvalue weighted by atomic mass is 32.1. The molecule has 0 radical (unpaired) electrons. The van der Waals surface area contributed by atoms with Crippen LogP contribution in [0.15, 0.2) is 30.3 Å². The topological polar surface area (TPSA) is 37.8 Å². The Kier molecular flexibility index (Phi) is 3.03. The van der Waals surface area contributed by atoms with E-state index in [2.05, 4.69) is 14.9 Å². The Hall–Kier alpha value is -1.33. The molecule has 1 aromatic carbocycles. The number of hydrogen-bond donors (Lipinski definition) is 1. The molecule has 0 saturated heterocycles. The molecule has 0 atom stereocenters. The van der Waals surface area contributed by atoms with Gasteiger partial charge in [0, 0.05) is 22.1 Å². The second-order valence-corrected chi connectivity index (χ2v) is 4.36. The molecular weight excluding hydrogens is 226 g/mol. The van der Waals surface area contributed by atoms with Crippen LogP contribution < -0.4 is 5.32 Å². The van der Waals surface area contributed by atoms with E-state index < -0.39 is 0 Å². The van der Waals surface area contributed by atoms with Crippen molar-refractivity contribution in [1.29, 1.82) is 0 Å². The Balaban J connectivity index is 2.25. The lowest BCUT2D eigenvalue weighted by Gasteiger charge is -2.03. The molecule has 0 aliphatic heterocycles. The van der Waals surface area contributed by atoms with E-state index in [9.17, 15) is 0 Å². The van der Waals surface area contributed by atoms with E-state index in [4.69, 9.17) is 12.2 Å². The fourth-order valence-electron chi connectivity index (χ4n) is 1.16. The summed E-state index contributed by atoms with van der Waals surface area (Å²) in [7, 11) is 0. The summed E-state index contributed by atoms with van der Waals surface area (Å²) in [5, 5.41) is 8.11. The van der Waals surface area contributed by atoms with Gasteiger partial charge in [-0.25, -0.2) is 0 Å². The number of nitrogens with one attached hydrogen (secondary N) is 1. The highest BCUT2D eigenvalue weighted by Gasteiger charge is 2.09. The van der Waals surface area contributed by atoms with Crippen LogP contribution in [-0.2, 0) is 0 Å². The maximum atomic E-state index is 5.08. The molecule has 3 nitrogen and oxygen atoms in total. The summed E-state index contributed by atoms with van der Waals surface area (Å²) in [6, 6.07) is 9.90. The van der Waals surface area contributed by atoms with Gasteiger partial charge in [-0.2, -0.15) is 0 Å². The van der Waals surface area contributed by atoms with Crippen molar-refractivity contribution in [2.75, 3.05) is 5.32 Å². The van der Waals surface area contributed by atoms with Crippen molar-refractivity contribution >= 4 is 39.3 Å². The maximum absolute atomic E-state index is 5.08. The van der Waals surface area contributed by atoms with Gasteiger partial charge < -0.3 is 5.32 Å². The predicted octanol–water partition coefficient (Wildman–Crippen LogP) is 3.02. The Morgan fingerprint density at radius 1 is 1.33 bits per heavy atom. The van der Waals surface area contributed by atoms with Gasteiger partial charge in [0.1, 0.15) is 10.7 Å². The number of nitrogens with zero attached hydrogens (tertiary/aromatic N) is 2. The van der Waals surface area contributed by atoms with E-state index in [-0.39, 0.29) is 0 Å². The van der Waals surface area contributed by atoms with Crippen LogP contribution in [-0.4, -0.2) is 14.5 Å². The van der Waals surface area contributed by atoms with Gasteiger partial charge in [-0.1, -0.05) is 34.9 Å². The molecule has 0 amide bonds. The lowest BCUT2D eigenvalue weighted by Crippen LogP contribution is -1.97. The van der Waals surface area contributed by atoms with Crippen LogP contribution in [0.25, 0.3) is 0 Å². The first kappa shape index (κ1) is 10.2. The zero-order valence-corrected chi connectivity index (χ0v) is 9.73. The minimum atomic E-state index is 0.752. The van der Waals surface area contributed by atoms with Gasteiger partial charge in [-0.15, -0.1) is 5.10 Å². The highest BCUT2D eigenvalue weighted by Crippen LogP contribution is 2.23. The Morgan fingerprint density at radius 3 is 2.73 bits per heavy atom. The molecule has 0 unspecified atom stereocenters. The lowest BCUT2D eigenvalue weighted by molar-refractivity contribution is 1.14. The van der Waals surface area contributed by atoms with E-state index in [1.807, 2.05) is 37.3 Å². The minimum Gasteiger partial charge on any atom is -0.344 e. The number of benzene rings is 1. The normalized spacial score (nSPS) is 9.93. The third-order valence-corrected chi connectivity index (χ3v) is 2.69. The van der Waals surface area contributed by atoms with Crippen LogP contribution >= 0.6 is 23.8 Å². The molecule has 1 aromatic heterocycles. The minimum absolute atomic E-state index is 0.752. The summed E-state index contributed by atoms with van der Waals surface area (Å²) in [6.45, 7) is 1.85. The zero-order chi connectivity index (χ0) is 10.7. The van der Waals surface area contributed by atoms with Gasteiger partial charge >= 0.3 is 0 Å². The molecule has 76 valence electrons. The maximum Gasteiger partial charge on any atom is 0.143 e. The van der Waals surface area contributed by atoms with Crippen LogP contribution in [0.5, 0.6) is 0 Å². The number of aromatic nitrogens is 2. The van der Waals surface area contributed by atoms with Crippen molar-refractivity contribution in [3.05, 3.63) is 36.0 Å². The standard InChI is InChI=1S/C10H9N3S2/c1-7(14)9-10(15-13-12-9)11-8-5-3-2-4-6-8/h2-6,11H,1H3. The molecule has 0 saturated carbocycles. The summed E-state index contributed by atoms with van der Waals surface area (Å²) < 4.78 is 3.88. The summed E-state index contributed by atoms with van der Waals surface area (Å²) in [5.41, 5.74) is 1.78. The fourth-order valence-corrected chi connectivity index (χ4v) is 2.01. The molecule has 0 aliphatic carbocycles. The van der Waals surface area contributed by atoms with Crippen molar-refractivity contribution in [2.45, 2.75) is 6.92 Å². The SMILES string of the molecule is CC(=S)c1nnsc1Nc1ccccc1. The molecule has 0 spiro atoms. The van der Waals surface area contributed by atoms with Gasteiger partial charge in [-0.3, -0.25) is 0 Å². The number of hydrogen-bond acceptors (Lipinski definition) is 5. The molecule has 1 N–H and O–H groups in total. The average Bonchev–Trinajstić information content (AvgIpc) is 2.67. The molecule has 2 rings (SSSR count). The molecule has 0 bridgehead atoms. The quantitative estimate of drug-likeness (QED) is 0.655. The van der Waals surface area contributed by atoms with E-state index >= 15 is 0 Å². The smallest absolute Gasteiger partial charge is 0.143 e. The first-order valence-corrected chi connectivity index (χ1v) is 5.61. The van der Waals surface area contributed by atoms with Crippen LogP contribution in [0.2, 0.25) is 0 Å². The molecule has 15 heavy (non-hydrogen) atoms. The predicted molar refractivity (Wildman–Crippen MR) is 67.0 cm³/mol. The molecule has 0 fully saturated rings. The fraction of sp³-hybridized carbons (Fsp3) is 0.100. The number of thiocarbonyl (C=S) groups is 1. The monoisotopic (exact) mass is 235 g/mol. The summed E-state index contributed by atoms with van der Waals surface area (Å²) in [6.07, 6.45) is 0. The summed E-state index contributed by atoms with van der Waals surface area (Å²) in [4.78, 5) is 0.752. The van der Waals surface area contributed by atoms with Crippen molar-refractivity contribution in [3.63, 3.8) is 0 Å². The molecular formula is C10H9N3S2. The van der Waals surface area contributed by atoms with Crippen molar-refractivity contribution in [2.24, 2.45) is 0 Å². The molecule has 5 heteroatoms. The van der Waals surface area contributed by atoms with Crippen molar-refractivity contribution in [3.8, 4) is 0 Å². The summed E-state index contributed by atoms with van der Waals surface area (Å²) in [5.74, 6) is 0. The Morgan fingerprint density at radius 2 is 2.07 bits per heavy atom. The van der Waals surface area contributed by atoms with Gasteiger partial charge in [0.15, 0.2) is 0 Å². The van der Waals surface area contributed by atoms with Crippen molar-refractivity contribution < 1.29 is 0 Å². The van der Waals surface area contributed by atoms with Crippen LogP contribution in [0.3, 0.4) is 0 Å². The van der Waals surface area contributed by atoms with Crippen molar-refractivity contribution in [1.82, 2.24) is 9.59 Å². The largest absolute Gasteiger partial charge is 0.344 e. The first-order valence-electron chi connectivity index (χ1n) is 4.43. The number of anilines is 2. The third-order valence-electron chi connectivity index (χ3n) is 1.85. The third kappa shape index (κ3) is 2.37.